The lowest BCUT2D eigenvalue weighted by Gasteiger charge is -2.00. The molecule has 2 aromatic carbocycles. The van der Waals surface area contributed by atoms with Crippen molar-refractivity contribution < 1.29 is 13.9 Å². The lowest BCUT2D eigenvalue weighted by Crippen LogP contribution is -1.97. The van der Waals surface area contributed by atoms with E-state index in [9.17, 15) is 9.18 Å². The van der Waals surface area contributed by atoms with Crippen molar-refractivity contribution in [3.05, 3.63) is 81.6 Å². The van der Waals surface area contributed by atoms with Crippen LogP contribution in [0.15, 0.2) is 64.7 Å². The predicted molar refractivity (Wildman–Crippen MR) is 82.6 cm³/mol. The molecule has 0 spiro atoms. The molecule has 0 bridgehead atoms. The van der Waals surface area contributed by atoms with Crippen LogP contribution in [0.4, 0.5) is 4.39 Å². The lowest BCUT2D eigenvalue weighted by atomic mass is 10.1. The average Bonchev–Trinajstić information content (AvgIpc) is 2.81. The molecular formula is C17H10BrFO2. The van der Waals surface area contributed by atoms with Crippen LogP contribution in [0, 0.1) is 5.82 Å². The van der Waals surface area contributed by atoms with E-state index in [0.29, 0.717) is 16.9 Å². The Kier molecular flexibility index (Phi) is 3.71. The maximum absolute atomic E-state index is 12.9. The highest BCUT2D eigenvalue weighted by atomic mass is 79.9. The largest absolute Gasteiger partial charge is 0.422 e. The zero-order chi connectivity index (χ0) is 14.8. The maximum Gasteiger partial charge on any atom is 0.343 e. The molecule has 0 aliphatic carbocycles. The zero-order valence-corrected chi connectivity index (χ0v) is 12.4. The van der Waals surface area contributed by atoms with E-state index >= 15 is 0 Å². The predicted octanol–water partition coefficient (Wildman–Crippen LogP) is 4.57. The summed E-state index contributed by atoms with van der Waals surface area (Å²) in [4.78, 5) is 11.9. The van der Waals surface area contributed by atoms with Crippen molar-refractivity contribution in [3.63, 3.8) is 0 Å². The van der Waals surface area contributed by atoms with Crippen molar-refractivity contribution in [1.29, 1.82) is 0 Å². The van der Waals surface area contributed by atoms with Crippen LogP contribution in [0.5, 0.6) is 0 Å². The first-order valence-corrected chi connectivity index (χ1v) is 7.08. The molecule has 1 aliphatic rings. The maximum atomic E-state index is 12.9. The van der Waals surface area contributed by atoms with E-state index < -0.39 is 5.97 Å². The van der Waals surface area contributed by atoms with Crippen LogP contribution in [-0.2, 0) is 9.53 Å². The number of cyclic esters (lactones) is 1. The Morgan fingerprint density at radius 3 is 2.57 bits per heavy atom. The number of carbonyl (C=O) groups is 1. The average molecular weight is 345 g/mol. The van der Waals surface area contributed by atoms with Gasteiger partial charge in [0.15, 0.2) is 0 Å². The van der Waals surface area contributed by atoms with E-state index in [-0.39, 0.29) is 5.82 Å². The number of hydrogen-bond acceptors (Lipinski definition) is 2. The van der Waals surface area contributed by atoms with E-state index in [1.54, 1.807) is 24.3 Å². The Bertz CT molecular complexity index is 761. The van der Waals surface area contributed by atoms with Crippen LogP contribution in [0.2, 0.25) is 0 Å². The number of benzene rings is 2. The number of rotatable bonds is 2. The molecule has 0 aromatic heterocycles. The molecule has 1 heterocycles. The fourth-order valence-electron chi connectivity index (χ4n) is 2.02. The molecule has 2 aromatic rings. The van der Waals surface area contributed by atoms with E-state index in [1.807, 2.05) is 24.3 Å². The van der Waals surface area contributed by atoms with Crippen molar-refractivity contribution in [3.8, 4) is 0 Å². The van der Waals surface area contributed by atoms with Crippen molar-refractivity contribution >= 4 is 33.7 Å². The summed E-state index contributed by atoms with van der Waals surface area (Å²) in [5.41, 5.74) is 2.03. The second-order valence-electron chi connectivity index (χ2n) is 4.56. The van der Waals surface area contributed by atoms with Crippen LogP contribution >= 0.6 is 15.9 Å². The Morgan fingerprint density at radius 1 is 1.10 bits per heavy atom. The first-order chi connectivity index (χ1) is 10.1. The topological polar surface area (TPSA) is 26.3 Å². The van der Waals surface area contributed by atoms with E-state index in [2.05, 4.69) is 15.9 Å². The van der Waals surface area contributed by atoms with E-state index in [0.717, 1.165) is 10.0 Å². The summed E-state index contributed by atoms with van der Waals surface area (Å²) < 4.78 is 19.1. The molecule has 3 rings (SSSR count). The number of halogens is 2. The highest BCUT2D eigenvalue weighted by Crippen LogP contribution is 2.27. The van der Waals surface area contributed by atoms with Crippen molar-refractivity contribution in [2.45, 2.75) is 0 Å². The minimum Gasteiger partial charge on any atom is -0.422 e. The standard InChI is InChI=1S/C17H10BrFO2/c18-14-3-1-2-11(9-14)8-13-10-16(21-17(13)20)12-4-6-15(19)7-5-12/h1-10H. The molecule has 1 aliphatic heterocycles. The minimum absolute atomic E-state index is 0.325. The van der Waals surface area contributed by atoms with Gasteiger partial charge in [-0.15, -0.1) is 0 Å². The summed E-state index contributed by atoms with van der Waals surface area (Å²) in [5.74, 6) is -0.302. The van der Waals surface area contributed by atoms with Gasteiger partial charge >= 0.3 is 5.97 Å². The fourth-order valence-corrected chi connectivity index (χ4v) is 2.44. The fraction of sp³-hybridized carbons (Fsp3) is 0. The summed E-state index contributed by atoms with van der Waals surface area (Å²) in [6.45, 7) is 0. The van der Waals surface area contributed by atoms with Gasteiger partial charge in [0.25, 0.3) is 0 Å². The van der Waals surface area contributed by atoms with Gasteiger partial charge in [0.1, 0.15) is 11.6 Å². The number of ether oxygens (including phenoxy) is 1. The van der Waals surface area contributed by atoms with Gasteiger partial charge in [-0.2, -0.15) is 0 Å². The molecule has 0 saturated heterocycles. The van der Waals surface area contributed by atoms with Gasteiger partial charge in [0.05, 0.1) is 5.57 Å². The van der Waals surface area contributed by atoms with E-state index in [4.69, 9.17) is 4.74 Å². The highest BCUT2D eigenvalue weighted by Gasteiger charge is 2.21. The Hall–Kier alpha value is -2.20. The number of carbonyl (C=O) groups excluding carboxylic acids is 1. The normalized spacial score (nSPS) is 16.0. The summed E-state index contributed by atoms with van der Waals surface area (Å²) in [7, 11) is 0. The Balaban J connectivity index is 1.93. The van der Waals surface area contributed by atoms with Gasteiger partial charge in [-0.25, -0.2) is 9.18 Å². The molecule has 0 fully saturated rings. The summed E-state index contributed by atoms with van der Waals surface area (Å²) in [5, 5.41) is 0. The third-order valence-electron chi connectivity index (χ3n) is 3.02. The molecule has 4 heteroatoms. The monoisotopic (exact) mass is 344 g/mol. The van der Waals surface area contributed by atoms with Gasteiger partial charge in [-0.1, -0.05) is 28.1 Å². The molecule has 0 saturated carbocycles. The molecule has 0 unspecified atom stereocenters. The first-order valence-electron chi connectivity index (χ1n) is 6.29. The summed E-state index contributed by atoms with van der Waals surface area (Å²) in [6.07, 6.45) is 3.42. The van der Waals surface area contributed by atoms with Gasteiger partial charge in [-0.3, -0.25) is 0 Å². The van der Waals surface area contributed by atoms with Crippen molar-refractivity contribution in [1.82, 2.24) is 0 Å². The van der Waals surface area contributed by atoms with Crippen LogP contribution < -0.4 is 0 Å². The van der Waals surface area contributed by atoms with Crippen LogP contribution in [0.25, 0.3) is 11.8 Å². The van der Waals surface area contributed by atoms with Crippen LogP contribution in [0.1, 0.15) is 11.1 Å². The summed E-state index contributed by atoms with van der Waals surface area (Å²) >= 11 is 3.39. The molecule has 0 N–H and O–H groups in total. The SMILES string of the molecule is O=C1OC(c2ccc(F)cc2)=CC1=Cc1cccc(Br)c1. The Morgan fingerprint density at radius 2 is 1.86 bits per heavy atom. The lowest BCUT2D eigenvalue weighted by molar-refractivity contribution is -0.130. The van der Waals surface area contributed by atoms with Gasteiger partial charge in [0, 0.05) is 10.0 Å². The van der Waals surface area contributed by atoms with Gasteiger partial charge < -0.3 is 4.74 Å². The summed E-state index contributed by atoms with van der Waals surface area (Å²) in [6, 6.07) is 13.4. The molecule has 0 amide bonds. The zero-order valence-electron chi connectivity index (χ0n) is 10.8. The molecule has 104 valence electrons. The third kappa shape index (κ3) is 3.11. The second-order valence-corrected chi connectivity index (χ2v) is 5.48. The molecule has 0 atom stereocenters. The molecular weight excluding hydrogens is 335 g/mol. The van der Waals surface area contributed by atoms with E-state index in [1.165, 1.54) is 12.1 Å². The third-order valence-corrected chi connectivity index (χ3v) is 3.52. The van der Waals surface area contributed by atoms with Crippen molar-refractivity contribution in [2.24, 2.45) is 0 Å². The molecule has 2 nitrogen and oxygen atoms in total. The van der Waals surface area contributed by atoms with Crippen LogP contribution in [-0.4, -0.2) is 5.97 Å². The molecule has 21 heavy (non-hydrogen) atoms. The Labute approximate surface area is 129 Å². The highest BCUT2D eigenvalue weighted by molar-refractivity contribution is 9.10. The van der Waals surface area contributed by atoms with Crippen molar-refractivity contribution in [2.75, 3.05) is 0 Å². The van der Waals surface area contributed by atoms with Crippen LogP contribution in [0.3, 0.4) is 0 Å². The van der Waals surface area contributed by atoms with Gasteiger partial charge in [0.2, 0.25) is 0 Å². The minimum atomic E-state index is -0.408. The molecule has 0 radical (unpaired) electrons. The second kappa shape index (κ2) is 5.66. The first kappa shape index (κ1) is 13.8. The van der Waals surface area contributed by atoms with Gasteiger partial charge in [-0.05, 0) is 54.1 Å². The smallest absolute Gasteiger partial charge is 0.343 e. The quantitative estimate of drug-likeness (QED) is 0.589. The number of hydrogen-bond donors (Lipinski definition) is 0. The number of esters is 1.